The van der Waals surface area contributed by atoms with E-state index >= 15 is 0 Å². The van der Waals surface area contributed by atoms with E-state index in [1.54, 1.807) is 6.07 Å². The van der Waals surface area contributed by atoms with E-state index in [9.17, 15) is 4.39 Å². The number of fused-ring (bicyclic) bond motifs is 1. The molecule has 3 nitrogen and oxygen atoms in total. The molecule has 0 saturated carbocycles. The number of hydrogen-bond donors (Lipinski definition) is 1. The first kappa shape index (κ1) is 9.15. The van der Waals surface area contributed by atoms with Gasteiger partial charge in [-0.25, -0.2) is 9.37 Å². The van der Waals surface area contributed by atoms with Crippen LogP contribution < -0.4 is 5.73 Å². The molecule has 4 heteroatoms. The summed E-state index contributed by atoms with van der Waals surface area (Å²) in [6.07, 6.45) is 0.566. The van der Waals surface area contributed by atoms with E-state index in [1.807, 2.05) is 6.92 Å². The Hall–Kier alpha value is -1.42. The molecule has 0 aliphatic rings. The van der Waals surface area contributed by atoms with Gasteiger partial charge < -0.3 is 10.2 Å². The first-order chi connectivity index (χ1) is 6.65. The van der Waals surface area contributed by atoms with Gasteiger partial charge in [0.25, 0.3) is 0 Å². The monoisotopic (exact) mass is 194 g/mol. The molecule has 2 rings (SSSR count). The number of rotatable bonds is 2. The average molecular weight is 194 g/mol. The zero-order valence-electron chi connectivity index (χ0n) is 7.83. The Balaban J connectivity index is 2.41. The van der Waals surface area contributed by atoms with Crippen molar-refractivity contribution in [1.82, 2.24) is 4.98 Å². The molecule has 0 aliphatic carbocycles. The summed E-state index contributed by atoms with van der Waals surface area (Å²) in [5, 5.41) is 0. The van der Waals surface area contributed by atoms with Gasteiger partial charge >= 0.3 is 0 Å². The molecule has 0 radical (unpaired) electrons. The van der Waals surface area contributed by atoms with Crippen LogP contribution in [0.1, 0.15) is 12.8 Å². The largest absolute Gasteiger partial charge is 0.441 e. The predicted molar refractivity (Wildman–Crippen MR) is 51.3 cm³/mol. The minimum Gasteiger partial charge on any atom is -0.441 e. The minimum absolute atomic E-state index is 0.00657. The molecule has 14 heavy (non-hydrogen) atoms. The Morgan fingerprint density at radius 2 is 2.36 bits per heavy atom. The molecule has 2 N–H and O–H groups in total. The Morgan fingerprint density at radius 1 is 1.57 bits per heavy atom. The maximum Gasteiger partial charge on any atom is 0.197 e. The molecule has 1 aromatic heterocycles. The lowest BCUT2D eigenvalue weighted by Crippen LogP contribution is -2.17. The minimum atomic E-state index is -0.319. The van der Waals surface area contributed by atoms with Crippen molar-refractivity contribution in [3.8, 4) is 0 Å². The Bertz CT molecular complexity index is 450. The highest BCUT2D eigenvalue weighted by Crippen LogP contribution is 2.17. The highest BCUT2D eigenvalue weighted by Gasteiger charge is 2.07. The molecule has 1 unspecified atom stereocenters. The van der Waals surface area contributed by atoms with Crippen LogP contribution in [-0.4, -0.2) is 11.0 Å². The van der Waals surface area contributed by atoms with Gasteiger partial charge in [0.15, 0.2) is 11.5 Å². The Labute approximate surface area is 80.7 Å². The molecule has 0 saturated heterocycles. The summed E-state index contributed by atoms with van der Waals surface area (Å²) in [5.74, 6) is 0.238. The van der Waals surface area contributed by atoms with Crippen molar-refractivity contribution in [2.24, 2.45) is 5.73 Å². The average Bonchev–Trinajstić information content (AvgIpc) is 2.44. The number of hydrogen-bond acceptors (Lipinski definition) is 3. The second-order valence-corrected chi connectivity index (χ2v) is 3.40. The molecule has 0 bridgehead atoms. The Kier molecular flexibility index (Phi) is 2.21. The maximum atomic E-state index is 12.8. The van der Waals surface area contributed by atoms with Gasteiger partial charge in [0, 0.05) is 18.5 Å². The highest BCUT2D eigenvalue weighted by atomic mass is 19.1. The first-order valence-corrected chi connectivity index (χ1v) is 4.45. The lowest BCUT2D eigenvalue weighted by molar-refractivity contribution is 0.505. The molecule has 2 aromatic rings. The summed E-state index contributed by atoms with van der Waals surface area (Å²) in [4.78, 5) is 4.18. The summed E-state index contributed by atoms with van der Waals surface area (Å²) >= 11 is 0. The van der Waals surface area contributed by atoms with Crippen LogP contribution in [0.15, 0.2) is 22.6 Å². The Morgan fingerprint density at radius 3 is 3.07 bits per heavy atom. The normalized spacial score (nSPS) is 13.4. The van der Waals surface area contributed by atoms with Gasteiger partial charge in [0.05, 0.1) is 0 Å². The maximum absolute atomic E-state index is 12.8. The fraction of sp³-hybridized carbons (Fsp3) is 0.300. The second kappa shape index (κ2) is 3.38. The van der Waals surface area contributed by atoms with Crippen LogP contribution in [-0.2, 0) is 6.42 Å². The lowest BCUT2D eigenvalue weighted by Gasteiger charge is -1.97. The van der Waals surface area contributed by atoms with E-state index in [0.717, 1.165) is 0 Å². The van der Waals surface area contributed by atoms with Gasteiger partial charge in [-0.15, -0.1) is 0 Å². The van der Waals surface area contributed by atoms with Crippen molar-refractivity contribution in [2.75, 3.05) is 0 Å². The molecule has 74 valence electrons. The van der Waals surface area contributed by atoms with Gasteiger partial charge in [0.2, 0.25) is 0 Å². The van der Waals surface area contributed by atoms with Crippen molar-refractivity contribution < 1.29 is 8.81 Å². The van der Waals surface area contributed by atoms with Gasteiger partial charge in [0.1, 0.15) is 11.3 Å². The molecular weight excluding hydrogens is 183 g/mol. The van der Waals surface area contributed by atoms with Crippen LogP contribution in [0.3, 0.4) is 0 Å². The summed E-state index contributed by atoms with van der Waals surface area (Å²) in [7, 11) is 0. The van der Waals surface area contributed by atoms with E-state index in [2.05, 4.69) is 4.98 Å². The molecular formula is C10H11FN2O. The van der Waals surface area contributed by atoms with E-state index in [1.165, 1.54) is 12.1 Å². The number of halogens is 1. The zero-order valence-corrected chi connectivity index (χ0v) is 7.83. The summed E-state index contributed by atoms with van der Waals surface area (Å²) in [6.45, 7) is 1.87. The molecule has 0 spiro atoms. The highest BCUT2D eigenvalue weighted by molar-refractivity contribution is 5.72. The number of benzene rings is 1. The zero-order chi connectivity index (χ0) is 10.1. The van der Waals surface area contributed by atoms with Gasteiger partial charge in [-0.3, -0.25) is 0 Å². The van der Waals surface area contributed by atoms with E-state index < -0.39 is 0 Å². The molecule has 0 amide bonds. The third-order valence-corrected chi connectivity index (χ3v) is 1.89. The SMILES string of the molecule is CC(N)Cc1nc2ccc(F)cc2o1. The van der Waals surface area contributed by atoms with E-state index in [-0.39, 0.29) is 11.9 Å². The number of nitrogens with two attached hydrogens (primary N) is 1. The number of oxazole rings is 1. The van der Waals surface area contributed by atoms with Crippen LogP contribution in [0.4, 0.5) is 4.39 Å². The van der Waals surface area contributed by atoms with Gasteiger partial charge in [-0.05, 0) is 19.1 Å². The molecule has 1 heterocycles. The topological polar surface area (TPSA) is 52.0 Å². The molecule has 1 aromatic carbocycles. The fourth-order valence-electron chi connectivity index (χ4n) is 1.31. The van der Waals surface area contributed by atoms with Crippen LogP contribution in [0, 0.1) is 5.82 Å². The van der Waals surface area contributed by atoms with Crippen LogP contribution >= 0.6 is 0 Å². The van der Waals surface area contributed by atoms with Crippen LogP contribution in [0.25, 0.3) is 11.1 Å². The summed E-state index contributed by atoms with van der Waals surface area (Å²) in [5.41, 5.74) is 6.74. The standard InChI is InChI=1S/C10H11FN2O/c1-6(12)4-10-13-8-3-2-7(11)5-9(8)14-10/h2-3,5-6H,4,12H2,1H3. The van der Waals surface area contributed by atoms with Crippen molar-refractivity contribution >= 4 is 11.1 Å². The van der Waals surface area contributed by atoms with Crippen LogP contribution in [0.2, 0.25) is 0 Å². The summed E-state index contributed by atoms with van der Waals surface area (Å²) < 4.78 is 18.1. The lowest BCUT2D eigenvalue weighted by atomic mass is 10.2. The molecule has 0 fully saturated rings. The predicted octanol–water partition coefficient (Wildman–Crippen LogP) is 1.86. The van der Waals surface area contributed by atoms with E-state index in [4.69, 9.17) is 10.2 Å². The van der Waals surface area contributed by atoms with Gasteiger partial charge in [-0.2, -0.15) is 0 Å². The van der Waals surface area contributed by atoms with E-state index in [0.29, 0.717) is 23.4 Å². The third-order valence-electron chi connectivity index (χ3n) is 1.89. The molecule has 1 atom stereocenters. The number of aromatic nitrogens is 1. The van der Waals surface area contributed by atoms with Crippen molar-refractivity contribution in [3.63, 3.8) is 0 Å². The van der Waals surface area contributed by atoms with Gasteiger partial charge in [-0.1, -0.05) is 0 Å². The van der Waals surface area contributed by atoms with Crippen molar-refractivity contribution in [3.05, 3.63) is 29.9 Å². The molecule has 0 aliphatic heterocycles. The van der Waals surface area contributed by atoms with Crippen LogP contribution in [0.5, 0.6) is 0 Å². The second-order valence-electron chi connectivity index (χ2n) is 3.40. The smallest absolute Gasteiger partial charge is 0.197 e. The third kappa shape index (κ3) is 1.75. The quantitative estimate of drug-likeness (QED) is 0.793. The summed E-state index contributed by atoms with van der Waals surface area (Å²) in [6, 6.07) is 4.28. The first-order valence-electron chi connectivity index (χ1n) is 4.45. The fourth-order valence-corrected chi connectivity index (χ4v) is 1.31. The van der Waals surface area contributed by atoms with Crippen molar-refractivity contribution in [2.45, 2.75) is 19.4 Å². The number of nitrogens with zero attached hydrogens (tertiary/aromatic N) is 1. The van der Waals surface area contributed by atoms with Crippen molar-refractivity contribution in [1.29, 1.82) is 0 Å².